The van der Waals surface area contributed by atoms with Crippen LogP contribution in [0.4, 0.5) is 13.2 Å². The van der Waals surface area contributed by atoms with Crippen molar-refractivity contribution in [3.05, 3.63) is 35.4 Å². The van der Waals surface area contributed by atoms with Crippen molar-refractivity contribution in [2.45, 2.75) is 32.0 Å². The smallest absolute Gasteiger partial charge is 0.371 e. The van der Waals surface area contributed by atoms with Crippen molar-refractivity contribution < 1.29 is 17.9 Å². The fourth-order valence-corrected chi connectivity index (χ4v) is 2.40. The van der Waals surface area contributed by atoms with Crippen molar-refractivity contribution in [2.24, 2.45) is 0 Å². The van der Waals surface area contributed by atoms with E-state index in [0.717, 1.165) is 32.0 Å². The van der Waals surface area contributed by atoms with E-state index in [-0.39, 0.29) is 6.10 Å². The van der Waals surface area contributed by atoms with E-state index in [1.165, 1.54) is 12.1 Å². The highest BCUT2D eigenvalue weighted by molar-refractivity contribution is 5.27. The highest BCUT2D eigenvalue weighted by atomic mass is 19.4. The summed E-state index contributed by atoms with van der Waals surface area (Å²) in [6.45, 7) is 5.21. The number of ether oxygens (including phenoxy) is 1. The summed E-state index contributed by atoms with van der Waals surface area (Å²) in [6, 6.07) is 5.46. The summed E-state index contributed by atoms with van der Waals surface area (Å²) < 4.78 is 43.8. The maximum absolute atomic E-state index is 12.7. The third-order valence-electron chi connectivity index (χ3n) is 3.56. The fraction of sp³-hybridized carbons (Fsp3) is 0.600. The van der Waals surface area contributed by atoms with E-state index in [1.807, 2.05) is 0 Å². The Kier molecular flexibility index (Phi) is 5.05. The van der Waals surface area contributed by atoms with Crippen LogP contribution in [0.2, 0.25) is 0 Å². The van der Waals surface area contributed by atoms with Gasteiger partial charge in [0.2, 0.25) is 0 Å². The van der Waals surface area contributed by atoms with E-state index in [0.29, 0.717) is 18.7 Å². The molecule has 1 heterocycles. The average molecular weight is 287 g/mol. The number of rotatable bonds is 4. The van der Waals surface area contributed by atoms with Crippen LogP contribution in [0.5, 0.6) is 0 Å². The van der Waals surface area contributed by atoms with Gasteiger partial charge in [0.15, 0.2) is 0 Å². The zero-order valence-corrected chi connectivity index (χ0v) is 11.6. The van der Waals surface area contributed by atoms with Gasteiger partial charge in [0.1, 0.15) is 0 Å². The number of halogens is 3. The van der Waals surface area contributed by atoms with Gasteiger partial charge >= 0.3 is 6.18 Å². The first-order valence-corrected chi connectivity index (χ1v) is 7.02. The Morgan fingerprint density at radius 1 is 1.35 bits per heavy atom. The predicted molar refractivity (Wildman–Crippen MR) is 71.5 cm³/mol. The Morgan fingerprint density at radius 2 is 2.15 bits per heavy atom. The first-order chi connectivity index (χ1) is 9.50. The minimum absolute atomic E-state index is 0.261. The molecule has 1 aliphatic heterocycles. The van der Waals surface area contributed by atoms with E-state index in [4.69, 9.17) is 4.74 Å². The number of hydrogen-bond acceptors (Lipinski definition) is 2. The maximum Gasteiger partial charge on any atom is 0.416 e. The van der Waals surface area contributed by atoms with E-state index < -0.39 is 11.7 Å². The lowest BCUT2D eigenvalue weighted by Crippen LogP contribution is -2.38. The molecule has 2 nitrogen and oxygen atoms in total. The lowest BCUT2D eigenvalue weighted by atomic mass is 10.0. The van der Waals surface area contributed by atoms with Gasteiger partial charge in [-0.1, -0.05) is 25.5 Å². The highest BCUT2D eigenvalue weighted by Crippen LogP contribution is 2.32. The average Bonchev–Trinajstić information content (AvgIpc) is 2.45. The molecule has 2 rings (SSSR count). The fourth-order valence-electron chi connectivity index (χ4n) is 2.40. The monoisotopic (exact) mass is 287 g/mol. The van der Waals surface area contributed by atoms with Crippen LogP contribution in [-0.4, -0.2) is 31.1 Å². The molecule has 1 unspecified atom stereocenters. The number of nitrogens with zero attached hydrogens (tertiary/aromatic N) is 1. The van der Waals surface area contributed by atoms with Crippen LogP contribution in [0.25, 0.3) is 0 Å². The molecule has 0 bridgehead atoms. The molecule has 1 aromatic carbocycles. The van der Waals surface area contributed by atoms with Crippen molar-refractivity contribution >= 4 is 0 Å². The van der Waals surface area contributed by atoms with Gasteiger partial charge in [0, 0.05) is 13.1 Å². The van der Waals surface area contributed by atoms with Crippen LogP contribution in [-0.2, 0) is 10.9 Å². The number of alkyl halides is 3. The van der Waals surface area contributed by atoms with E-state index >= 15 is 0 Å². The van der Waals surface area contributed by atoms with Crippen molar-refractivity contribution in [1.29, 1.82) is 0 Å². The third-order valence-corrected chi connectivity index (χ3v) is 3.56. The van der Waals surface area contributed by atoms with Gasteiger partial charge < -0.3 is 4.74 Å². The number of hydrogen-bond donors (Lipinski definition) is 0. The summed E-state index contributed by atoms with van der Waals surface area (Å²) >= 11 is 0. The number of unbranched alkanes of at least 4 members (excludes halogenated alkanes) is 1. The third kappa shape index (κ3) is 3.96. The summed E-state index contributed by atoms with van der Waals surface area (Å²) in [6.07, 6.45) is -2.34. The molecular formula is C15H20F3NO. The second kappa shape index (κ2) is 6.59. The second-order valence-electron chi connectivity index (χ2n) is 5.14. The molecule has 0 aromatic heterocycles. The van der Waals surface area contributed by atoms with Crippen molar-refractivity contribution in [2.75, 3.05) is 26.2 Å². The Morgan fingerprint density at radius 3 is 2.85 bits per heavy atom. The Bertz CT molecular complexity index is 433. The zero-order valence-electron chi connectivity index (χ0n) is 11.6. The van der Waals surface area contributed by atoms with Gasteiger partial charge in [-0.15, -0.1) is 0 Å². The van der Waals surface area contributed by atoms with E-state index in [2.05, 4.69) is 11.8 Å². The minimum atomic E-state index is -4.30. The summed E-state index contributed by atoms with van der Waals surface area (Å²) in [5.41, 5.74) is 0.00491. The second-order valence-corrected chi connectivity index (χ2v) is 5.14. The molecule has 1 aliphatic rings. The minimum Gasteiger partial charge on any atom is -0.371 e. The van der Waals surface area contributed by atoms with Crippen LogP contribution in [0.15, 0.2) is 24.3 Å². The molecule has 1 atom stereocenters. The first-order valence-electron chi connectivity index (χ1n) is 7.02. The SMILES string of the molecule is CCCCN1CCOC(c2cccc(C(F)(F)F)c2)C1. The van der Waals surface area contributed by atoms with Gasteiger partial charge in [-0.25, -0.2) is 0 Å². The quantitative estimate of drug-likeness (QED) is 0.833. The molecular weight excluding hydrogens is 267 g/mol. The molecule has 1 aromatic rings. The molecule has 0 spiro atoms. The summed E-state index contributed by atoms with van der Waals surface area (Å²) in [4.78, 5) is 2.26. The molecule has 112 valence electrons. The van der Waals surface area contributed by atoms with Crippen molar-refractivity contribution in [3.8, 4) is 0 Å². The van der Waals surface area contributed by atoms with Crippen LogP contribution in [0.3, 0.4) is 0 Å². The number of morpholine rings is 1. The van der Waals surface area contributed by atoms with Crippen LogP contribution in [0, 0.1) is 0 Å². The maximum atomic E-state index is 12.7. The van der Waals surface area contributed by atoms with Crippen molar-refractivity contribution in [1.82, 2.24) is 4.90 Å². The normalized spacial score (nSPS) is 21.1. The summed E-state index contributed by atoms with van der Waals surface area (Å²) in [5.74, 6) is 0. The topological polar surface area (TPSA) is 12.5 Å². The van der Waals surface area contributed by atoms with E-state index in [1.54, 1.807) is 6.07 Å². The highest BCUT2D eigenvalue weighted by Gasteiger charge is 2.31. The summed E-state index contributed by atoms with van der Waals surface area (Å²) in [7, 11) is 0. The van der Waals surface area contributed by atoms with Gasteiger partial charge in [-0.2, -0.15) is 13.2 Å². The van der Waals surface area contributed by atoms with E-state index in [9.17, 15) is 13.2 Å². The van der Waals surface area contributed by atoms with Gasteiger partial charge in [0.05, 0.1) is 18.3 Å². The molecule has 0 radical (unpaired) electrons. The largest absolute Gasteiger partial charge is 0.416 e. The predicted octanol–water partition coefficient (Wildman–Crippen LogP) is 3.88. The first kappa shape index (κ1) is 15.3. The molecule has 0 amide bonds. The molecule has 1 saturated heterocycles. The van der Waals surface area contributed by atoms with Crippen molar-refractivity contribution in [3.63, 3.8) is 0 Å². The van der Waals surface area contributed by atoms with Gasteiger partial charge in [-0.3, -0.25) is 4.90 Å². The van der Waals surface area contributed by atoms with Crippen LogP contribution >= 0.6 is 0 Å². The zero-order chi connectivity index (χ0) is 14.6. The van der Waals surface area contributed by atoms with Gasteiger partial charge in [-0.05, 0) is 30.7 Å². The molecule has 0 aliphatic carbocycles. The Labute approximate surface area is 117 Å². The molecule has 0 saturated carbocycles. The summed E-state index contributed by atoms with van der Waals surface area (Å²) in [5, 5.41) is 0. The molecule has 20 heavy (non-hydrogen) atoms. The Hall–Kier alpha value is -1.07. The standard InChI is InChI=1S/C15H20F3NO/c1-2-3-7-19-8-9-20-14(11-19)12-5-4-6-13(10-12)15(16,17)18/h4-6,10,14H,2-3,7-9,11H2,1H3. The number of benzene rings is 1. The Balaban J connectivity index is 2.07. The lowest BCUT2D eigenvalue weighted by Gasteiger charge is -2.33. The van der Waals surface area contributed by atoms with Crippen LogP contribution in [0.1, 0.15) is 37.0 Å². The van der Waals surface area contributed by atoms with Gasteiger partial charge in [0.25, 0.3) is 0 Å². The molecule has 0 N–H and O–H groups in total. The molecule has 1 fully saturated rings. The van der Waals surface area contributed by atoms with Crippen LogP contribution < -0.4 is 0 Å². The lowest BCUT2D eigenvalue weighted by molar-refractivity contribution is -0.137. The molecule has 5 heteroatoms.